The van der Waals surface area contributed by atoms with Crippen molar-refractivity contribution in [3.63, 3.8) is 0 Å². The van der Waals surface area contributed by atoms with Gasteiger partial charge in [-0.3, -0.25) is 4.79 Å². The summed E-state index contributed by atoms with van der Waals surface area (Å²) in [5.41, 5.74) is 6.95. The Hall–Kier alpha value is -1.35. The smallest absolute Gasteiger partial charge is 0.237 e. The molecule has 0 spiro atoms. The maximum Gasteiger partial charge on any atom is 0.237 e. The lowest BCUT2D eigenvalue weighted by molar-refractivity contribution is -0.122. The predicted octanol–water partition coefficient (Wildman–Crippen LogP) is 1.72. The Morgan fingerprint density at radius 1 is 1.29 bits per heavy atom. The number of hydrogen-bond donors (Lipinski definition) is 2. The van der Waals surface area contributed by atoms with Crippen LogP contribution in [0.5, 0.6) is 0 Å². The largest absolute Gasteiger partial charge is 0.355 e. The highest BCUT2D eigenvalue weighted by Gasteiger charge is 2.13. The molecule has 17 heavy (non-hydrogen) atoms. The molecule has 0 aliphatic carbocycles. The minimum atomic E-state index is -0.454. The summed E-state index contributed by atoms with van der Waals surface area (Å²) in [5, 5.41) is 2.87. The van der Waals surface area contributed by atoms with E-state index in [4.69, 9.17) is 5.73 Å². The molecule has 0 bridgehead atoms. The second kappa shape index (κ2) is 7.07. The molecule has 3 nitrogen and oxygen atoms in total. The average molecular weight is 234 g/mol. The van der Waals surface area contributed by atoms with Crippen LogP contribution in [0.3, 0.4) is 0 Å². The molecule has 1 unspecified atom stereocenters. The third-order valence-electron chi connectivity index (χ3n) is 2.66. The number of rotatable bonds is 6. The monoisotopic (exact) mass is 234 g/mol. The number of carbonyl (C=O) groups excluding carboxylic acids is 1. The zero-order valence-corrected chi connectivity index (χ0v) is 10.6. The third kappa shape index (κ3) is 5.50. The van der Waals surface area contributed by atoms with Crippen LogP contribution in [-0.2, 0) is 11.2 Å². The molecule has 0 aromatic heterocycles. The van der Waals surface area contributed by atoms with Gasteiger partial charge in [0.25, 0.3) is 0 Å². The zero-order chi connectivity index (χ0) is 12.7. The fourth-order valence-electron chi connectivity index (χ4n) is 1.58. The molecule has 1 atom stereocenters. The second-order valence-electron chi connectivity index (χ2n) is 4.77. The van der Waals surface area contributed by atoms with Gasteiger partial charge in [-0.2, -0.15) is 0 Å². The lowest BCUT2D eigenvalue weighted by atomic mass is 10.1. The Kier molecular flexibility index (Phi) is 5.70. The van der Waals surface area contributed by atoms with E-state index < -0.39 is 6.04 Å². The van der Waals surface area contributed by atoms with Crippen LogP contribution in [0, 0.1) is 5.92 Å². The molecule has 0 saturated heterocycles. The van der Waals surface area contributed by atoms with Gasteiger partial charge >= 0.3 is 0 Å². The molecular formula is C14H22N2O. The maximum atomic E-state index is 11.7. The molecular weight excluding hydrogens is 212 g/mol. The first-order chi connectivity index (χ1) is 8.09. The molecule has 1 aromatic carbocycles. The Balaban J connectivity index is 2.32. The highest BCUT2D eigenvalue weighted by Crippen LogP contribution is 2.02. The number of nitrogens with one attached hydrogen (secondary N) is 1. The van der Waals surface area contributed by atoms with Gasteiger partial charge in [0, 0.05) is 6.54 Å². The van der Waals surface area contributed by atoms with Gasteiger partial charge in [-0.25, -0.2) is 0 Å². The molecule has 0 fully saturated rings. The summed E-state index contributed by atoms with van der Waals surface area (Å²) in [6.45, 7) is 4.98. The van der Waals surface area contributed by atoms with Crippen LogP contribution < -0.4 is 11.1 Å². The highest BCUT2D eigenvalue weighted by atomic mass is 16.2. The third-order valence-corrected chi connectivity index (χ3v) is 2.66. The maximum absolute atomic E-state index is 11.7. The molecule has 1 aromatic rings. The summed E-state index contributed by atoms with van der Waals surface area (Å²) >= 11 is 0. The standard InChI is InChI=1S/C14H22N2O/c1-11(2)8-9-16-14(17)13(15)10-12-6-4-3-5-7-12/h3-7,11,13H,8-10,15H2,1-2H3,(H,16,17). The Morgan fingerprint density at radius 2 is 1.94 bits per heavy atom. The molecule has 0 saturated carbocycles. The fraction of sp³-hybridized carbons (Fsp3) is 0.500. The van der Waals surface area contributed by atoms with Crippen LogP contribution in [0.15, 0.2) is 30.3 Å². The van der Waals surface area contributed by atoms with E-state index >= 15 is 0 Å². The minimum absolute atomic E-state index is 0.0606. The Bertz CT molecular complexity index is 335. The number of hydrogen-bond acceptors (Lipinski definition) is 2. The normalized spacial score (nSPS) is 12.5. The summed E-state index contributed by atoms with van der Waals surface area (Å²) in [4.78, 5) is 11.7. The van der Waals surface area contributed by atoms with Gasteiger partial charge in [0.15, 0.2) is 0 Å². The molecule has 0 radical (unpaired) electrons. The van der Waals surface area contributed by atoms with Crippen molar-refractivity contribution in [2.24, 2.45) is 11.7 Å². The van der Waals surface area contributed by atoms with E-state index in [1.165, 1.54) is 0 Å². The van der Waals surface area contributed by atoms with Gasteiger partial charge in [0.1, 0.15) is 0 Å². The summed E-state index contributed by atoms with van der Waals surface area (Å²) in [7, 11) is 0. The van der Waals surface area contributed by atoms with Crippen molar-refractivity contribution in [2.45, 2.75) is 32.7 Å². The minimum Gasteiger partial charge on any atom is -0.355 e. The number of benzene rings is 1. The average Bonchev–Trinajstić information content (AvgIpc) is 2.29. The highest BCUT2D eigenvalue weighted by molar-refractivity contribution is 5.81. The van der Waals surface area contributed by atoms with E-state index in [0.717, 1.165) is 12.0 Å². The summed E-state index contributed by atoms with van der Waals surface area (Å²) in [5.74, 6) is 0.537. The van der Waals surface area contributed by atoms with E-state index in [9.17, 15) is 4.79 Å². The van der Waals surface area contributed by atoms with Gasteiger partial charge in [-0.05, 0) is 24.3 Å². The molecule has 1 rings (SSSR count). The van der Waals surface area contributed by atoms with E-state index in [1.807, 2.05) is 30.3 Å². The number of carbonyl (C=O) groups is 1. The molecule has 0 aliphatic rings. The van der Waals surface area contributed by atoms with Crippen LogP contribution in [0.2, 0.25) is 0 Å². The summed E-state index contributed by atoms with van der Waals surface area (Å²) in [6, 6.07) is 9.39. The van der Waals surface area contributed by atoms with Crippen LogP contribution in [-0.4, -0.2) is 18.5 Å². The first kappa shape index (κ1) is 13.7. The molecule has 3 N–H and O–H groups in total. The fourth-order valence-corrected chi connectivity index (χ4v) is 1.58. The molecule has 0 heterocycles. The van der Waals surface area contributed by atoms with Crippen molar-refractivity contribution in [1.29, 1.82) is 0 Å². The van der Waals surface area contributed by atoms with Gasteiger partial charge in [-0.1, -0.05) is 44.2 Å². The lowest BCUT2D eigenvalue weighted by Gasteiger charge is -2.13. The summed E-state index contributed by atoms with van der Waals surface area (Å²) in [6.07, 6.45) is 1.58. The SMILES string of the molecule is CC(C)CCNC(=O)C(N)Cc1ccccc1. The van der Waals surface area contributed by atoms with Crippen LogP contribution in [0.1, 0.15) is 25.8 Å². The topological polar surface area (TPSA) is 55.1 Å². The lowest BCUT2D eigenvalue weighted by Crippen LogP contribution is -2.42. The van der Waals surface area contributed by atoms with Gasteiger partial charge in [0.05, 0.1) is 6.04 Å². The second-order valence-corrected chi connectivity index (χ2v) is 4.77. The van der Waals surface area contributed by atoms with Gasteiger partial charge in [-0.15, -0.1) is 0 Å². The van der Waals surface area contributed by atoms with Crippen molar-refractivity contribution in [3.8, 4) is 0 Å². The van der Waals surface area contributed by atoms with Gasteiger partial charge in [0.2, 0.25) is 5.91 Å². The van der Waals surface area contributed by atoms with E-state index in [0.29, 0.717) is 18.9 Å². The van der Waals surface area contributed by atoms with Crippen molar-refractivity contribution in [1.82, 2.24) is 5.32 Å². The Labute approximate surface area is 103 Å². The van der Waals surface area contributed by atoms with Gasteiger partial charge < -0.3 is 11.1 Å². The van der Waals surface area contributed by atoms with Crippen LogP contribution in [0.25, 0.3) is 0 Å². The van der Waals surface area contributed by atoms with E-state index in [-0.39, 0.29) is 5.91 Å². The van der Waals surface area contributed by atoms with Crippen molar-refractivity contribution in [2.75, 3.05) is 6.54 Å². The van der Waals surface area contributed by atoms with Crippen molar-refractivity contribution in [3.05, 3.63) is 35.9 Å². The predicted molar refractivity (Wildman–Crippen MR) is 70.6 cm³/mol. The quantitative estimate of drug-likeness (QED) is 0.787. The van der Waals surface area contributed by atoms with E-state index in [1.54, 1.807) is 0 Å². The number of amides is 1. The first-order valence-corrected chi connectivity index (χ1v) is 6.17. The van der Waals surface area contributed by atoms with Crippen LogP contribution in [0.4, 0.5) is 0 Å². The zero-order valence-electron chi connectivity index (χ0n) is 10.6. The van der Waals surface area contributed by atoms with E-state index in [2.05, 4.69) is 19.2 Å². The molecule has 94 valence electrons. The van der Waals surface area contributed by atoms with Crippen LogP contribution >= 0.6 is 0 Å². The molecule has 1 amide bonds. The molecule has 0 aliphatic heterocycles. The molecule has 3 heteroatoms. The first-order valence-electron chi connectivity index (χ1n) is 6.17. The Morgan fingerprint density at radius 3 is 2.53 bits per heavy atom. The number of nitrogens with two attached hydrogens (primary N) is 1. The summed E-state index contributed by atoms with van der Waals surface area (Å²) < 4.78 is 0. The van der Waals surface area contributed by atoms with Crippen molar-refractivity contribution >= 4 is 5.91 Å². The van der Waals surface area contributed by atoms with Crippen molar-refractivity contribution < 1.29 is 4.79 Å².